The van der Waals surface area contributed by atoms with Crippen LogP contribution in [-0.2, 0) is 4.79 Å². The molecule has 6 heteroatoms. The molecule has 3 nitrogen and oxygen atoms in total. The summed E-state index contributed by atoms with van der Waals surface area (Å²) < 4.78 is 38.5. The smallest absolute Gasteiger partial charge is 0.382 e. The minimum Gasteiger partial charge on any atom is -0.382 e. The number of alkyl halides is 3. The molecule has 2 rings (SSSR count). The van der Waals surface area contributed by atoms with E-state index in [0.29, 0.717) is 6.42 Å². The molecule has 1 saturated carbocycles. The molecule has 1 amide bonds. The molecule has 1 N–H and O–H groups in total. The van der Waals surface area contributed by atoms with Gasteiger partial charge >= 0.3 is 6.18 Å². The first-order valence-electron chi connectivity index (χ1n) is 7.45. The monoisotopic (exact) mass is 314 g/mol. The first kappa shape index (κ1) is 16.6. The van der Waals surface area contributed by atoms with Crippen molar-refractivity contribution in [3.63, 3.8) is 0 Å². The van der Waals surface area contributed by atoms with Crippen LogP contribution >= 0.6 is 0 Å². The van der Waals surface area contributed by atoms with Gasteiger partial charge in [0.05, 0.1) is 5.92 Å². The van der Waals surface area contributed by atoms with Crippen LogP contribution in [0.1, 0.15) is 32.6 Å². The number of anilines is 2. The molecule has 0 saturated heterocycles. The molecule has 1 fully saturated rings. The van der Waals surface area contributed by atoms with Crippen LogP contribution in [0.15, 0.2) is 24.3 Å². The van der Waals surface area contributed by atoms with Crippen molar-refractivity contribution in [2.24, 2.45) is 5.92 Å². The van der Waals surface area contributed by atoms with Crippen molar-refractivity contribution in [2.45, 2.75) is 44.8 Å². The highest BCUT2D eigenvalue weighted by molar-refractivity contribution is 5.91. The van der Waals surface area contributed by atoms with Crippen LogP contribution < -0.4 is 10.2 Å². The van der Waals surface area contributed by atoms with Gasteiger partial charge in [0.15, 0.2) is 0 Å². The van der Waals surface area contributed by atoms with E-state index in [1.165, 1.54) is 11.8 Å². The Kier molecular flexibility index (Phi) is 4.98. The van der Waals surface area contributed by atoms with Crippen molar-refractivity contribution < 1.29 is 18.0 Å². The van der Waals surface area contributed by atoms with Crippen molar-refractivity contribution in [1.29, 1.82) is 0 Å². The fraction of sp³-hybridized carbons (Fsp3) is 0.562. The van der Waals surface area contributed by atoms with E-state index in [1.807, 2.05) is 6.07 Å². The van der Waals surface area contributed by atoms with Crippen LogP contribution in [0.2, 0.25) is 0 Å². The van der Waals surface area contributed by atoms with E-state index >= 15 is 0 Å². The molecule has 122 valence electrons. The van der Waals surface area contributed by atoms with E-state index in [9.17, 15) is 18.0 Å². The molecule has 2 atom stereocenters. The Morgan fingerprint density at radius 2 is 2.05 bits per heavy atom. The molecular weight excluding hydrogens is 293 g/mol. The van der Waals surface area contributed by atoms with Gasteiger partial charge in [-0.2, -0.15) is 13.2 Å². The molecule has 1 aromatic carbocycles. The number of hydrogen-bond donors (Lipinski definition) is 1. The second-order valence-corrected chi connectivity index (χ2v) is 5.87. The van der Waals surface area contributed by atoms with Crippen molar-refractivity contribution in [2.75, 3.05) is 17.3 Å². The van der Waals surface area contributed by atoms with Crippen LogP contribution in [0.3, 0.4) is 0 Å². The fourth-order valence-electron chi connectivity index (χ4n) is 2.84. The van der Waals surface area contributed by atoms with E-state index in [1.54, 1.807) is 25.2 Å². The van der Waals surface area contributed by atoms with Gasteiger partial charge in [0.1, 0.15) is 0 Å². The van der Waals surface area contributed by atoms with E-state index in [2.05, 4.69) is 5.32 Å². The number of amides is 1. The van der Waals surface area contributed by atoms with Gasteiger partial charge in [0, 0.05) is 31.4 Å². The van der Waals surface area contributed by atoms with Crippen LogP contribution in [0, 0.1) is 5.92 Å². The molecule has 1 aliphatic carbocycles. The lowest BCUT2D eigenvalue weighted by molar-refractivity contribution is -0.182. The predicted octanol–water partition coefficient (Wildman–Crippen LogP) is 4.20. The number of nitrogens with zero attached hydrogens (tertiary/aromatic N) is 1. The highest BCUT2D eigenvalue weighted by Crippen LogP contribution is 2.38. The number of rotatable bonds is 3. The topological polar surface area (TPSA) is 32.3 Å². The van der Waals surface area contributed by atoms with Gasteiger partial charge in [-0.25, -0.2) is 0 Å². The minimum atomic E-state index is -4.11. The number of carbonyl (C=O) groups is 1. The zero-order valence-electron chi connectivity index (χ0n) is 12.8. The molecule has 22 heavy (non-hydrogen) atoms. The summed E-state index contributed by atoms with van der Waals surface area (Å²) in [4.78, 5) is 12.9. The van der Waals surface area contributed by atoms with Gasteiger partial charge in [-0.05, 0) is 37.5 Å². The van der Waals surface area contributed by atoms with E-state index in [0.717, 1.165) is 17.8 Å². The van der Waals surface area contributed by atoms with Gasteiger partial charge in [-0.15, -0.1) is 0 Å². The third kappa shape index (κ3) is 4.15. The molecule has 0 aromatic heterocycles. The molecule has 0 radical (unpaired) electrons. The molecule has 0 aliphatic heterocycles. The normalized spacial score (nSPS) is 22.2. The summed E-state index contributed by atoms with van der Waals surface area (Å²) in [5, 5.41) is 3.18. The average molecular weight is 314 g/mol. The lowest BCUT2D eigenvalue weighted by Gasteiger charge is -2.31. The summed E-state index contributed by atoms with van der Waals surface area (Å²) in [5.74, 6) is -1.31. The van der Waals surface area contributed by atoms with Gasteiger partial charge in [0.25, 0.3) is 0 Å². The summed E-state index contributed by atoms with van der Waals surface area (Å²) in [6, 6.07) is 7.01. The molecular formula is C16H21F3N2O. The standard InChI is InChI=1S/C16H21F3N2O/c1-11(22)21(2)15-8-4-7-14(10-15)20-13-6-3-5-12(9-13)16(17,18)19/h4,7-8,10,12-13,20H,3,5-6,9H2,1-2H3. The van der Waals surface area contributed by atoms with Crippen molar-refractivity contribution in [1.82, 2.24) is 0 Å². The number of halogens is 3. The number of carbonyl (C=O) groups excluding carboxylic acids is 1. The Morgan fingerprint density at radius 3 is 2.68 bits per heavy atom. The van der Waals surface area contributed by atoms with Crippen molar-refractivity contribution in [3.05, 3.63) is 24.3 Å². The van der Waals surface area contributed by atoms with E-state index < -0.39 is 12.1 Å². The third-order valence-electron chi connectivity index (χ3n) is 4.21. The summed E-state index contributed by atoms with van der Waals surface area (Å²) in [6.45, 7) is 1.47. The summed E-state index contributed by atoms with van der Waals surface area (Å²) >= 11 is 0. The highest BCUT2D eigenvalue weighted by atomic mass is 19.4. The molecule has 2 unspecified atom stereocenters. The Balaban J connectivity index is 2.04. The first-order chi connectivity index (χ1) is 10.3. The lowest BCUT2D eigenvalue weighted by atomic mass is 9.85. The average Bonchev–Trinajstić information content (AvgIpc) is 2.46. The second-order valence-electron chi connectivity index (χ2n) is 5.87. The van der Waals surface area contributed by atoms with Gasteiger partial charge in [-0.3, -0.25) is 4.79 Å². The predicted molar refractivity (Wildman–Crippen MR) is 80.9 cm³/mol. The summed E-state index contributed by atoms with van der Waals surface area (Å²) in [6.07, 6.45) is -2.48. The second kappa shape index (κ2) is 6.58. The molecule has 1 aromatic rings. The van der Waals surface area contributed by atoms with E-state index in [4.69, 9.17) is 0 Å². The Labute approximate surface area is 128 Å². The van der Waals surface area contributed by atoms with E-state index in [-0.39, 0.29) is 24.8 Å². The third-order valence-corrected chi connectivity index (χ3v) is 4.21. The highest BCUT2D eigenvalue weighted by Gasteiger charge is 2.42. The lowest BCUT2D eigenvalue weighted by Crippen LogP contribution is -2.34. The maximum atomic E-state index is 12.8. The molecule has 0 heterocycles. The number of hydrogen-bond acceptors (Lipinski definition) is 2. The van der Waals surface area contributed by atoms with Crippen molar-refractivity contribution in [3.8, 4) is 0 Å². The minimum absolute atomic E-state index is 0.0908. The zero-order chi connectivity index (χ0) is 16.3. The van der Waals surface area contributed by atoms with Gasteiger partial charge < -0.3 is 10.2 Å². The fourth-order valence-corrected chi connectivity index (χ4v) is 2.84. The van der Waals surface area contributed by atoms with Gasteiger partial charge in [0.2, 0.25) is 5.91 Å². The van der Waals surface area contributed by atoms with Gasteiger partial charge in [-0.1, -0.05) is 12.5 Å². The Hall–Kier alpha value is -1.72. The maximum absolute atomic E-state index is 12.8. The largest absolute Gasteiger partial charge is 0.391 e. The Morgan fingerprint density at radius 1 is 1.32 bits per heavy atom. The first-order valence-corrected chi connectivity index (χ1v) is 7.45. The Bertz CT molecular complexity index is 530. The van der Waals surface area contributed by atoms with Crippen LogP contribution in [-0.4, -0.2) is 25.2 Å². The number of benzene rings is 1. The summed E-state index contributed by atoms with van der Waals surface area (Å²) in [5.41, 5.74) is 1.47. The van der Waals surface area contributed by atoms with Crippen molar-refractivity contribution >= 4 is 17.3 Å². The SMILES string of the molecule is CC(=O)N(C)c1cccc(NC2CCCC(C(F)(F)F)C2)c1. The molecule has 0 spiro atoms. The summed E-state index contributed by atoms with van der Waals surface area (Å²) in [7, 11) is 1.67. The molecule has 1 aliphatic rings. The maximum Gasteiger partial charge on any atom is 0.391 e. The van der Waals surface area contributed by atoms with Crippen LogP contribution in [0.4, 0.5) is 24.5 Å². The number of nitrogens with one attached hydrogen (secondary N) is 1. The molecule has 0 bridgehead atoms. The zero-order valence-corrected chi connectivity index (χ0v) is 12.8. The van der Waals surface area contributed by atoms with Crippen LogP contribution in [0.5, 0.6) is 0 Å². The van der Waals surface area contributed by atoms with Crippen LogP contribution in [0.25, 0.3) is 0 Å². The quantitative estimate of drug-likeness (QED) is 0.907.